The van der Waals surface area contributed by atoms with Crippen LogP contribution in [-0.2, 0) is 4.74 Å². The molecule has 0 radical (unpaired) electrons. The predicted octanol–water partition coefficient (Wildman–Crippen LogP) is 5.35. The average Bonchev–Trinajstić information content (AvgIpc) is 2.83. The van der Waals surface area contributed by atoms with Crippen molar-refractivity contribution in [2.24, 2.45) is 0 Å². The summed E-state index contributed by atoms with van der Waals surface area (Å²) in [4.78, 5) is 20.2. The number of fused-ring (bicyclic) bond motifs is 1. The van der Waals surface area contributed by atoms with Crippen LogP contribution in [0.4, 0.5) is 13.6 Å². The fraction of sp³-hybridized carbons (Fsp3) is 0.333. The van der Waals surface area contributed by atoms with Crippen LogP contribution in [0.15, 0.2) is 24.7 Å². The first-order valence-corrected chi connectivity index (χ1v) is 8.15. The van der Waals surface area contributed by atoms with E-state index in [0.717, 1.165) is 11.0 Å². The second kappa shape index (κ2) is 7.07. The van der Waals surface area contributed by atoms with Crippen molar-refractivity contribution < 1.29 is 18.3 Å². The van der Waals surface area contributed by atoms with Crippen molar-refractivity contribution in [1.82, 2.24) is 14.9 Å². The molecule has 2 aromatic rings. The third-order valence-corrected chi connectivity index (χ3v) is 3.94. The fourth-order valence-corrected chi connectivity index (χ4v) is 2.49. The van der Waals surface area contributed by atoms with Crippen LogP contribution in [0, 0.1) is 12.7 Å². The molecular formula is C18H20ClF2N3O2. The molecule has 2 rings (SSSR count). The molecule has 140 valence electrons. The van der Waals surface area contributed by atoms with Crippen LogP contribution in [0.3, 0.4) is 0 Å². The average molecular weight is 384 g/mol. The maximum Gasteiger partial charge on any atom is 0.414 e. The number of ether oxygens (including phenoxy) is 1. The summed E-state index contributed by atoms with van der Waals surface area (Å²) in [6, 6.07) is 0. The summed E-state index contributed by atoms with van der Waals surface area (Å²) >= 11 is 6.17. The van der Waals surface area contributed by atoms with E-state index >= 15 is 4.39 Å². The molecule has 0 atom stereocenters. The van der Waals surface area contributed by atoms with Gasteiger partial charge in [-0.05, 0) is 39.3 Å². The molecule has 0 bridgehead atoms. The molecule has 0 aliphatic rings. The van der Waals surface area contributed by atoms with Gasteiger partial charge in [-0.25, -0.2) is 18.6 Å². The van der Waals surface area contributed by atoms with Crippen LogP contribution >= 0.6 is 11.6 Å². The van der Waals surface area contributed by atoms with E-state index < -0.39 is 23.3 Å². The van der Waals surface area contributed by atoms with Gasteiger partial charge in [-0.2, -0.15) is 0 Å². The zero-order valence-electron chi connectivity index (χ0n) is 15.2. The zero-order valence-corrected chi connectivity index (χ0v) is 16.0. The summed E-state index contributed by atoms with van der Waals surface area (Å²) in [5.41, 5.74) is -0.252. The quantitative estimate of drug-likeness (QED) is 0.726. The molecule has 5 nitrogen and oxygen atoms in total. The van der Waals surface area contributed by atoms with E-state index in [0.29, 0.717) is 5.56 Å². The topological polar surface area (TPSA) is 58.2 Å². The normalized spacial score (nSPS) is 12.4. The van der Waals surface area contributed by atoms with E-state index in [4.69, 9.17) is 16.3 Å². The second-order valence-corrected chi connectivity index (χ2v) is 7.19. The SMILES string of the molecule is C=C(F)/C=C(\c1[nH]c2ncc(C)c(Cl)c2c1F)N(C)C(=O)OC(C)(C)C. The number of halogens is 3. The van der Waals surface area contributed by atoms with Gasteiger partial charge in [-0.1, -0.05) is 18.2 Å². The molecule has 0 aliphatic carbocycles. The number of nitrogens with zero attached hydrogens (tertiary/aromatic N) is 2. The maximum atomic E-state index is 15.0. The molecular weight excluding hydrogens is 364 g/mol. The van der Waals surface area contributed by atoms with Crippen LogP contribution in [0.5, 0.6) is 0 Å². The fourth-order valence-electron chi connectivity index (χ4n) is 2.27. The van der Waals surface area contributed by atoms with Gasteiger partial charge in [0.1, 0.15) is 22.8 Å². The maximum absolute atomic E-state index is 15.0. The van der Waals surface area contributed by atoms with Crippen molar-refractivity contribution >= 4 is 34.4 Å². The Hall–Kier alpha value is -2.41. The summed E-state index contributed by atoms with van der Waals surface area (Å²) in [5.74, 6) is -1.60. The Morgan fingerprint density at radius 2 is 2.08 bits per heavy atom. The molecule has 0 spiro atoms. The molecule has 0 saturated heterocycles. The van der Waals surface area contributed by atoms with Crippen molar-refractivity contribution in [2.45, 2.75) is 33.3 Å². The number of carbonyl (C=O) groups is 1. The van der Waals surface area contributed by atoms with Crippen LogP contribution in [-0.4, -0.2) is 33.6 Å². The molecule has 0 fully saturated rings. The third-order valence-electron chi connectivity index (χ3n) is 3.45. The first-order valence-electron chi connectivity index (χ1n) is 7.78. The largest absolute Gasteiger partial charge is 0.443 e. The number of nitrogens with one attached hydrogen (secondary N) is 1. The number of amides is 1. The lowest BCUT2D eigenvalue weighted by Crippen LogP contribution is -2.33. The molecule has 8 heteroatoms. The number of hydrogen-bond acceptors (Lipinski definition) is 3. The van der Waals surface area contributed by atoms with E-state index in [2.05, 4.69) is 16.5 Å². The third kappa shape index (κ3) is 4.04. The summed E-state index contributed by atoms with van der Waals surface area (Å²) in [6.45, 7) is 9.90. The lowest BCUT2D eigenvalue weighted by molar-refractivity contribution is 0.0387. The van der Waals surface area contributed by atoms with Crippen molar-refractivity contribution in [3.8, 4) is 0 Å². The molecule has 26 heavy (non-hydrogen) atoms. The van der Waals surface area contributed by atoms with E-state index in [1.165, 1.54) is 13.2 Å². The van der Waals surface area contributed by atoms with Gasteiger partial charge >= 0.3 is 6.09 Å². The molecule has 0 aliphatic heterocycles. The highest BCUT2D eigenvalue weighted by Gasteiger charge is 2.27. The van der Waals surface area contributed by atoms with E-state index in [-0.39, 0.29) is 27.4 Å². The zero-order chi connectivity index (χ0) is 19.8. The Bertz CT molecular complexity index is 913. The number of hydrogen-bond donors (Lipinski definition) is 1. The van der Waals surface area contributed by atoms with Gasteiger partial charge in [0.05, 0.1) is 16.1 Å². The van der Waals surface area contributed by atoms with Crippen molar-refractivity contribution in [2.75, 3.05) is 7.05 Å². The van der Waals surface area contributed by atoms with E-state index in [1.807, 2.05) is 0 Å². The van der Waals surface area contributed by atoms with Crippen LogP contribution < -0.4 is 0 Å². The van der Waals surface area contributed by atoms with Crippen LogP contribution in [0.25, 0.3) is 16.7 Å². The molecule has 1 amide bonds. The number of rotatable bonds is 3. The predicted molar refractivity (Wildman–Crippen MR) is 98.0 cm³/mol. The summed E-state index contributed by atoms with van der Waals surface area (Å²) in [6.07, 6.45) is 1.64. The Balaban J connectivity index is 2.61. The first-order chi connectivity index (χ1) is 11.9. The number of aromatic nitrogens is 2. The molecule has 0 aromatic carbocycles. The lowest BCUT2D eigenvalue weighted by atomic mass is 10.2. The van der Waals surface area contributed by atoms with Crippen molar-refractivity contribution in [3.05, 3.63) is 46.8 Å². The van der Waals surface area contributed by atoms with E-state index in [9.17, 15) is 9.18 Å². The van der Waals surface area contributed by atoms with Crippen LogP contribution in [0.2, 0.25) is 5.02 Å². The van der Waals surface area contributed by atoms with Crippen molar-refractivity contribution in [3.63, 3.8) is 0 Å². The Morgan fingerprint density at radius 3 is 2.62 bits per heavy atom. The number of aryl methyl sites for hydroxylation is 1. The highest BCUT2D eigenvalue weighted by Crippen LogP contribution is 2.33. The van der Waals surface area contributed by atoms with Crippen LogP contribution in [0.1, 0.15) is 32.0 Å². The van der Waals surface area contributed by atoms with E-state index in [1.54, 1.807) is 27.7 Å². The second-order valence-electron chi connectivity index (χ2n) is 6.81. The lowest BCUT2D eigenvalue weighted by Gasteiger charge is -2.25. The van der Waals surface area contributed by atoms with Gasteiger partial charge in [0.15, 0.2) is 5.82 Å². The number of aromatic amines is 1. The smallest absolute Gasteiger partial charge is 0.414 e. The number of allylic oxidation sites excluding steroid dienone is 2. The minimum Gasteiger partial charge on any atom is -0.443 e. The minimum atomic E-state index is -0.858. The molecule has 2 heterocycles. The minimum absolute atomic E-state index is 0.0645. The molecule has 2 aromatic heterocycles. The summed E-state index contributed by atoms with van der Waals surface area (Å²) < 4.78 is 33.8. The Labute approximate surface area is 155 Å². The standard InChI is InChI=1S/C18H20ClF2N3O2/c1-9-8-22-16-12(13(9)19)14(21)15(23-16)11(7-10(2)20)24(6)17(25)26-18(3,4)5/h7-8H,2H2,1,3-6H3,(H,22,23)/b11-7+. The Kier molecular flexibility index (Phi) is 5.41. The monoisotopic (exact) mass is 383 g/mol. The van der Waals surface area contributed by atoms with Gasteiger partial charge in [0.25, 0.3) is 0 Å². The highest BCUT2D eigenvalue weighted by atomic mass is 35.5. The summed E-state index contributed by atoms with van der Waals surface area (Å²) in [5, 5.41) is 0.253. The first kappa shape index (κ1) is 19.9. The van der Waals surface area contributed by atoms with Gasteiger partial charge in [-0.3, -0.25) is 4.90 Å². The highest BCUT2D eigenvalue weighted by molar-refractivity contribution is 6.36. The van der Waals surface area contributed by atoms with Crippen molar-refractivity contribution in [1.29, 1.82) is 0 Å². The molecule has 0 unspecified atom stereocenters. The molecule has 0 saturated carbocycles. The van der Waals surface area contributed by atoms with Gasteiger partial charge < -0.3 is 9.72 Å². The van der Waals surface area contributed by atoms with Gasteiger partial charge in [-0.15, -0.1) is 0 Å². The van der Waals surface area contributed by atoms with Gasteiger partial charge in [0.2, 0.25) is 0 Å². The number of H-pyrrole nitrogens is 1. The molecule has 1 N–H and O–H groups in total. The number of carbonyl (C=O) groups excluding carboxylic acids is 1. The van der Waals surface area contributed by atoms with Gasteiger partial charge in [0, 0.05) is 13.2 Å². The summed E-state index contributed by atoms with van der Waals surface area (Å²) in [7, 11) is 1.34. The number of pyridine rings is 1. The Morgan fingerprint density at radius 1 is 1.46 bits per heavy atom.